The number of aromatic nitrogens is 2. The molecule has 0 bridgehead atoms. The first-order valence-electron chi connectivity index (χ1n) is 9.92. The second kappa shape index (κ2) is 9.52. The van der Waals surface area contributed by atoms with E-state index in [0.29, 0.717) is 31.1 Å². The van der Waals surface area contributed by atoms with Crippen molar-refractivity contribution in [2.24, 2.45) is 0 Å². The molecule has 0 spiro atoms. The molecule has 1 aliphatic heterocycles. The maximum absolute atomic E-state index is 13.0. The zero-order valence-corrected chi connectivity index (χ0v) is 19.5. The number of benzene rings is 2. The van der Waals surface area contributed by atoms with Gasteiger partial charge in [-0.15, -0.1) is 0 Å². The highest BCUT2D eigenvalue weighted by Crippen LogP contribution is 2.24. The van der Waals surface area contributed by atoms with Gasteiger partial charge in [0, 0.05) is 49.2 Å². The molecule has 3 aromatic rings. The number of hydrogen-bond donors (Lipinski definition) is 0. The number of halogens is 1. The minimum absolute atomic E-state index is 0.266. The van der Waals surface area contributed by atoms with E-state index in [-0.39, 0.29) is 4.90 Å². The molecule has 1 aromatic heterocycles. The quantitative estimate of drug-likeness (QED) is 0.537. The highest BCUT2D eigenvalue weighted by molar-refractivity contribution is 7.89. The molecule has 4 rings (SSSR count). The fraction of sp³-hybridized carbons (Fsp3) is 0.333. The molecule has 164 valence electrons. The molecular formula is C21H23ClN4O3S2. The van der Waals surface area contributed by atoms with Gasteiger partial charge < -0.3 is 9.64 Å². The van der Waals surface area contributed by atoms with Crippen molar-refractivity contribution in [1.82, 2.24) is 13.7 Å². The molecule has 0 saturated carbocycles. The van der Waals surface area contributed by atoms with E-state index in [1.807, 2.05) is 24.3 Å². The van der Waals surface area contributed by atoms with Crippen molar-refractivity contribution in [3.05, 3.63) is 64.9 Å². The lowest BCUT2D eigenvalue weighted by Crippen LogP contribution is -2.35. The third kappa shape index (κ3) is 5.17. The largest absolute Gasteiger partial charge is 0.497 e. The zero-order chi connectivity index (χ0) is 21.8. The van der Waals surface area contributed by atoms with Gasteiger partial charge in [-0.25, -0.2) is 13.4 Å². The first-order chi connectivity index (χ1) is 15.0. The van der Waals surface area contributed by atoms with Crippen molar-refractivity contribution in [3.63, 3.8) is 0 Å². The van der Waals surface area contributed by atoms with Gasteiger partial charge in [0.25, 0.3) is 0 Å². The minimum Gasteiger partial charge on any atom is -0.497 e. The van der Waals surface area contributed by atoms with E-state index in [9.17, 15) is 8.42 Å². The van der Waals surface area contributed by atoms with Crippen LogP contribution < -0.4 is 9.64 Å². The topological polar surface area (TPSA) is 75.6 Å². The molecule has 10 heteroatoms. The van der Waals surface area contributed by atoms with Crippen molar-refractivity contribution in [2.75, 3.05) is 38.2 Å². The van der Waals surface area contributed by atoms with Crippen LogP contribution in [0.3, 0.4) is 0 Å². The molecular weight excluding hydrogens is 456 g/mol. The Labute approximate surface area is 191 Å². The third-order valence-corrected chi connectivity index (χ3v) is 8.11. The first kappa shape index (κ1) is 22.0. The Hall–Kier alpha value is -2.20. The lowest BCUT2D eigenvalue weighted by Gasteiger charge is -2.21. The Kier molecular flexibility index (Phi) is 6.76. The maximum Gasteiger partial charge on any atom is 0.243 e. The van der Waals surface area contributed by atoms with Gasteiger partial charge >= 0.3 is 0 Å². The molecule has 0 radical (unpaired) electrons. The molecule has 1 aliphatic rings. The second-order valence-corrected chi connectivity index (χ2v) is 10.3. The SMILES string of the molecule is COc1cccc(Cc2nsc(N3CCCN(S(=O)(=O)c4ccc(Cl)cc4)CC3)n2)c1. The van der Waals surface area contributed by atoms with Gasteiger partial charge in [0.05, 0.1) is 12.0 Å². The van der Waals surface area contributed by atoms with Gasteiger partial charge in [-0.2, -0.15) is 8.68 Å². The van der Waals surface area contributed by atoms with Crippen LogP contribution in [0.25, 0.3) is 0 Å². The summed E-state index contributed by atoms with van der Waals surface area (Å²) in [7, 11) is -1.90. The predicted octanol–water partition coefficient (Wildman–Crippen LogP) is 3.69. The Morgan fingerprint density at radius 1 is 1.10 bits per heavy atom. The van der Waals surface area contributed by atoms with Crippen molar-refractivity contribution in [1.29, 1.82) is 0 Å². The number of sulfonamides is 1. The fourth-order valence-corrected chi connectivity index (χ4v) is 5.82. The molecule has 0 N–H and O–H groups in total. The summed E-state index contributed by atoms with van der Waals surface area (Å²) in [6.45, 7) is 2.17. The van der Waals surface area contributed by atoms with E-state index < -0.39 is 10.0 Å². The van der Waals surface area contributed by atoms with Crippen molar-refractivity contribution >= 4 is 38.3 Å². The summed E-state index contributed by atoms with van der Waals surface area (Å²) >= 11 is 7.25. The summed E-state index contributed by atoms with van der Waals surface area (Å²) in [6, 6.07) is 14.2. The van der Waals surface area contributed by atoms with Gasteiger partial charge in [0.15, 0.2) is 0 Å². The first-order valence-corrected chi connectivity index (χ1v) is 12.5. The summed E-state index contributed by atoms with van der Waals surface area (Å²) < 4.78 is 37.3. The van der Waals surface area contributed by atoms with Gasteiger partial charge in [-0.05, 0) is 48.4 Å². The summed E-state index contributed by atoms with van der Waals surface area (Å²) in [5.41, 5.74) is 1.08. The second-order valence-electron chi connectivity index (χ2n) is 7.22. The molecule has 1 fully saturated rings. The monoisotopic (exact) mass is 478 g/mol. The van der Waals surface area contributed by atoms with Crippen LogP contribution in [0.4, 0.5) is 5.13 Å². The van der Waals surface area contributed by atoms with Crippen LogP contribution in [-0.2, 0) is 16.4 Å². The standard InChI is InChI=1S/C21H23ClN4O3S2/c1-29-18-5-2-4-16(14-18)15-20-23-21(30-24-20)25-10-3-11-26(13-12-25)31(27,28)19-8-6-17(22)7-9-19/h2,4-9,14H,3,10-13,15H2,1H3. The van der Waals surface area contributed by atoms with Crippen LogP contribution in [0.5, 0.6) is 5.75 Å². The Morgan fingerprint density at radius 3 is 2.68 bits per heavy atom. The number of methoxy groups -OCH3 is 1. The Balaban J connectivity index is 1.42. The van der Waals surface area contributed by atoms with Crippen LogP contribution in [0.1, 0.15) is 17.8 Å². The van der Waals surface area contributed by atoms with Crippen LogP contribution in [0.15, 0.2) is 53.4 Å². The van der Waals surface area contributed by atoms with Crippen LogP contribution in [-0.4, -0.2) is 55.4 Å². The van der Waals surface area contributed by atoms with E-state index in [1.165, 1.54) is 15.8 Å². The molecule has 2 aromatic carbocycles. The normalized spacial score (nSPS) is 15.6. The lowest BCUT2D eigenvalue weighted by atomic mass is 10.1. The average molecular weight is 479 g/mol. The van der Waals surface area contributed by atoms with Gasteiger partial charge in [-0.1, -0.05) is 23.7 Å². The summed E-state index contributed by atoms with van der Waals surface area (Å²) in [5, 5.41) is 1.34. The molecule has 0 amide bonds. The number of anilines is 1. The smallest absolute Gasteiger partial charge is 0.243 e. The summed E-state index contributed by atoms with van der Waals surface area (Å²) in [4.78, 5) is 7.07. The van der Waals surface area contributed by atoms with Crippen molar-refractivity contribution < 1.29 is 13.2 Å². The minimum atomic E-state index is -3.55. The maximum atomic E-state index is 13.0. The van der Waals surface area contributed by atoms with Crippen LogP contribution >= 0.6 is 23.1 Å². The number of ether oxygens (including phenoxy) is 1. The van der Waals surface area contributed by atoms with E-state index in [4.69, 9.17) is 21.3 Å². The third-order valence-electron chi connectivity index (χ3n) is 5.13. The molecule has 0 atom stereocenters. The Morgan fingerprint density at radius 2 is 1.90 bits per heavy atom. The fourth-order valence-electron chi connectivity index (χ4n) is 3.49. The van der Waals surface area contributed by atoms with Crippen molar-refractivity contribution in [3.8, 4) is 5.75 Å². The number of rotatable bonds is 6. The van der Waals surface area contributed by atoms with Crippen molar-refractivity contribution in [2.45, 2.75) is 17.7 Å². The number of hydrogen-bond acceptors (Lipinski definition) is 7. The highest BCUT2D eigenvalue weighted by Gasteiger charge is 2.27. The Bertz CT molecular complexity index is 1140. The van der Waals surface area contributed by atoms with Gasteiger partial charge in [0.2, 0.25) is 15.2 Å². The van der Waals surface area contributed by atoms with E-state index >= 15 is 0 Å². The summed E-state index contributed by atoms with van der Waals surface area (Å²) in [5.74, 6) is 1.56. The molecule has 2 heterocycles. The predicted molar refractivity (Wildman–Crippen MR) is 123 cm³/mol. The lowest BCUT2D eigenvalue weighted by molar-refractivity contribution is 0.414. The van der Waals surface area contributed by atoms with Crippen LogP contribution in [0, 0.1) is 0 Å². The zero-order valence-electron chi connectivity index (χ0n) is 17.1. The van der Waals surface area contributed by atoms with E-state index in [1.54, 1.807) is 31.4 Å². The van der Waals surface area contributed by atoms with Gasteiger partial charge in [0.1, 0.15) is 11.6 Å². The molecule has 0 unspecified atom stereocenters. The highest BCUT2D eigenvalue weighted by atomic mass is 35.5. The van der Waals surface area contributed by atoms with E-state index in [0.717, 1.165) is 35.2 Å². The van der Waals surface area contributed by atoms with Crippen LogP contribution in [0.2, 0.25) is 5.02 Å². The molecule has 1 saturated heterocycles. The average Bonchev–Trinajstić information content (AvgIpc) is 3.08. The van der Waals surface area contributed by atoms with E-state index in [2.05, 4.69) is 9.27 Å². The molecule has 0 aliphatic carbocycles. The number of nitrogens with zero attached hydrogens (tertiary/aromatic N) is 4. The van der Waals surface area contributed by atoms with Gasteiger partial charge in [-0.3, -0.25) is 0 Å². The molecule has 31 heavy (non-hydrogen) atoms. The summed E-state index contributed by atoms with van der Waals surface area (Å²) in [6.07, 6.45) is 1.34. The molecule has 7 nitrogen and oxygen atoms in total.